The molecular formula is C34H28N2O2. The number of amides is 2. The number of aryl methyl sites for hydroxylation is 3. The zero-order valence-corrected chi connectivity index (χ0v) is 21.7. The number of anilines is 1. The summed E-state index contributed by atoms with van der Waals surface area (Å²) in [4.78, 5) is 35.1. The highest BCUT2D eigenvalue weighted by atomic mass is 16.2. The summed E-state index contributed by atoms with van der Waals surface area (Å²) in [6.07, 6.45) is 1.97. The van der Waals surface area contributed by atoms with Crippen LogP contribution in [0.15, 0.2) is 96.0 Å². The van der Waals surface area contributed by atoms with Crippen LogP contribution in [-0.4, -0.2) is 18.0 Å². The normalized spacial score (nSPS) is 25.0. The van der Waals surface area contributed by atoms with E-state index in [4.69, 9.17) is 4.99 Å². The largest absolute Gasteiger partial charge is 0.274 e. The van der Waals surface area contributed by atoms with E-state index in [1.54, 1.807) is 0 Å². The summed E-state index contributed by atoms with van der Waals surface area (Å²) in [7, 11) is 0. The molecule has 1 heterocycles. The standard InChI is InChI=1S/C34H28N2O2/c1-20-12-15-23(16-13-20)36-32(37)30-29-24-8-4-6-10-26(24)34(31(30)33(36)38,27-11-7-5-9-25(27)29)19-35-28-17-14-21(2)18-22(28)3/h4-19,29-31H,1-3H3/t29?,30-,31-,34?/m1/s1. The van der Waals surface area contributed by atoms with Gasteiger partial charge in [-0.15, -0.1) is 0 Å². The number of carbonyl (C=O) groups is 2. The highest BCUT2D eigenvalue weighted by Crippen LogP contribution is 2.63. The molecule has 0 spiro atoms. The van der Waals surface area contributed by atoms with E-state index < -0.39 is 17.3 Å². The van der Waals surface area contributed by atoms with Gasteiger partial charge in [0.25, 0.3) is 0 Å². The van der Waals surface area contributed by atoms with Crippen molar-refractivity contribution in [1.29, 1.82) is 0 Å². The number of imide groups is 1. The summed E-state index contributed by atoms with van der Waals surface area (Å²) in [5.74, 6) is -1.50. The number of hydrogen-bond donors (Lipinski definition) is 0. The first-order valence-corrected chi connectivity index (χ1v) is 13.2. The Morgan fingerprint density at radius 3 is 1.97 bits per heavy atom. The summed E-state index contributed by atoms with van der Waals surface area (Å²) in [6.45, 7) is 6.13. The van der Waals surface area contributed by atoms with Crippen molar-refractivity contribution in [2.75, 3.05) is 4.90 Å². The van der Waals surface area contributed by atoms with Gasteiger partial charge in [-0.05, 0) is 66.8 Å². The molecule has 0 aromatic heterocycles. The fraction of sp³-hybridized carbons (Fsp3) is 0.206. The van der Waals surface area contributed by atoms with Crippen molar-refractivity contribution in [1.82, 2.24) is 0 Å². The number of hydrogen-bond acceptors (Lipinski definition) is 3. The highest BCUT2D eigenvalue weighted by Gasteiger charge is 2.67. The highest BCUT2D eigenvalue weighted by molar-refractivity contribution is 6.25. The molecule has 1 fully saturated rings. The van der Waals surface area contributed by atoms with Crippen molar-refractivity contribution < 1.29 is 9.59 Å². The monoisotopic (exact) mass is 496 g/mol. The number of aliphatic imine (C=N–C) groups is 1. The molecule has 1 aliphatic heterocycles. The van der Waals surface area contributed by atoms with Gasteiger partial charge in [0.05, 0.1) is 28.6 Å². The predicted molar refractivity (Wildman–Crippen MR) is 150 cm³/mol. The lowest BCUT2D eigenvalue weighted by Gasteiger charge is -2.52. The molecule has 0 radical (unpaired) electrons. The van der Waals surface area contributed by atoms with Gasteiger partial charge in [0, 0.05) is 12.1 Å². The maximum absolute atomic E-state index is 14.4. The minimum atomic E-state index is -0.851. The summed E-state index contributed by atoms with van der Waals surface area (Å²) < 4.78 is 0. The molecule has 4 aliphatic rings. The number of benzene rings is 4. The number of carbonyl (C=O) groups excluding carboxylic acids is 2. The van der Waals surface area contributed by atoms with E-state index in [2.05, 4.69) is 50.2 Å². The Labute approximate surface area is 222 Å². The van der Waals surface area contributed by atoms with Crippen molar-refractivity contribution in [3.05, 3.63) is 130 Å². The molecule has 186 valence electrons. The van der Waals surface area contributed by atoms with Crippen LogP contribution in [0.25, 0.3) is 0 Å². The Morgan fingerprint density at radius 2 is 1.34 bits per heavy atom. The molecule has 2 amide bonds. The van der Waals surface area contributed by atoms with Gasteiger partial charge >= 0.3 is 0 Å². The van der Waals surface area contributed by atoms with E-state index in [1.165, 1.54) is 10.5 Å². The minimum Gasteiger partial charge on any atom is -0.274 e. The predicted octanol–water partition coefficient (Wildman–Crippen LogP) is 6.57. The second kappa shape index (κ2) is 8.09. The van der Waals surface area contributed by atoms with E-state index in [0.717, 1.165) is 39.1 Å². The van der Waals surface area contributed by atoms with Crippen molar-refractivity contribution in [3.8, 4) is 0 Å². The third-order valence-electron chi connectivity index (χ3n) is 8.74. The van der Waals surface area contributed by atoms with E-state index in [1.807, 2.05) is 67.7 Å². The van der Waals surface area contributed by atoms with E-state index in [9.17, 15) is 9.59 Å². The molecule has 4 aromatic rings. The maximum Gasteiger partial charge on any atom is 0.239 e. The molecule has 38 heavy (non-hydrogen) atoms. The van der Waals surface area contributed by atoms with Crippen LogP contribution in [0, 0.1) is 32.6 Å². The molecule has 4 aromatic carbocycles. The Kier molecular flexibility index (Phi) is 4.87. The van der Waals surface area contributed by atoms with E-state index in [-0.39, 0.29) is 17.7 Å². The van der Waals surface area contributed by atoms with Crippen LogP contribution < -0.4 is 4.90 Å². The molecule has 3 aliphatic carbocycles. The first-order chi connectivity index (χ1) is 18.4. The smallest absolute Gasteiger partial charge is 0.239 e. The fourth-order valence-electron chi connectivity index (χ4n) is 7.12. The second-order valence-corrected chi connectivity index (χ2v) is 10.9. The summed E-state index contributed by atoms with van der Waals surface area (Å²) >= 11 is 0. The lowest BCUT2D eigenvalue weighted by atomic mass is 9.47. The van der Waals surface area contributed by atoms with Crippen LogP contribution in [0.5, 0.6) is 0 Å². The molecule has 2 atom stereocenters. The lowest BCUT2D eigenvalue weighted by Crippen LogP contribution is -2.54. The third-order valence-corrected chi connectivity index (χ3v) is 8.74. The summed E-state index contributed by atoms with van der Waals surface area (Å²) in [5, 5.41) is 0. The van der Waals surface area contributed by atoms with Gasteiger partial charge in [0.2, 0.25) is 11.8 Å². The molecule has 0 N–H and O–H groups in total. The van der Waals surface area contributed by atoms with E-state index in [0.29, 0.717) is 5.69 Å². The average Bonchev–Trinajstić information content (AvgIpc) is 3.19. The van der Waals surface area contributed by atoms with Gasteiger partial charge in [0.15, 0.2) is 0 Å². The van der Waals surface area contributed by atoms with Gasteiger partial charge in [0.1, 0.15) is 0 Å². The third kappa shape index (κ3) is 2.94. The number of nitrogens with zero attached hydrogens (tertiary/aromatic N) is 2. The Hall–Kier alpha value is -4.31. The van der Waals surface area contributed by atoms with Crippen molar-refractivity contribution in [2.24, 2.45) is 16.8 Å². The zero-order chi connectivity index (χ0) is 26.2. The van der Waals surface area contributed by atoms with Crippen molar-refractivity contribution >= 4 is 29.4 Å². The first kappa shape index (κ1) is 22.9. The second-order valence-electron chi connectivity index (χ2n) is 10.9. The Bertz CT molecular complexity index is 1620. The van der Waals surface area contributed by atoms with Crippen LogP contribution >= 0.6 is 0 Å². The summed E-state index contributed by atoms with van der Waals surface area (Å²) in [5.41, 5.74) is 8.38. The lowest BCUT2D eigenvalue weighted by molar-refractivity contribution is -0.122. The van der Waals surface area contributed by atoms with Crippen LogP contribution in [-0.2, 0) is 15.0 Å². The quantitative estimate of drug-likeness (QED) is 0.238. The van der Waals surface area contributed by atoms with Crippen LogP contribution in [0.1, 0.15) is 44.9 Å². The maximum atomic E-state index is 14.4. The topological polar surface area (TPSA) is 49.7 Å². The molecule has 4 nitrogen and oxygen atoms in total. The van der Waals surface area contributed by atoms with E-state index >= 15 is 0 Å². The molecule has 2 bridgehead atoms. The molecule has 4 heteroatoms. The Morgan fingerprint density at radius 1 is 0.737 bits per heavy atom. The molecule has 0 saturated carbocycles. The van der Waals surface area contributed by atoms with Gasteiger partial charge in [-0.25, -0.2) is 4.90 Å². The van der Waals surface area contributed by atoms with Gasteiger partial charge < -0.3 is 0 Å². The zero-order valence-electron chi connectivity index (χ0n) is 21.7. The van der Waals surface area contributed by atoms with Gasteiger partial charge in [-0.1, -0.05) is 83.9 Å². The van der Waals surface area contributed by atoms with Crippen LogP contribution in [0.2, 0.25) is 0 Å². The molecular weight excluding hydrogens is 468 g/mol. The Balaban J connectivity index is 1.50. The minimum absolute atomic E-state index is 0.123. The number of rotatable bonds is 3. The van der Waals surface area contributed by atoms with Crippen LogP contribution in [0.4, 0.5) is 11.4 Å². The molecule has 1 saturated heterocycles. The first-order valence-electron chi connectivity index (χ1n) is 13.2. The average molecular weight is 497 g/mol. The molecule has 0 unspecified atom stereocenters. The van der Waals surface area contributed by atoms with Crippen molar-refractivity contribution in [3.63, 3.8) is 0 Å². The van der Waals surface area contributed by atoms with Crippen molar-refractivity contribution in [2.45, 2.75) is 32.1 Å². The van der Waals surface area contributed by atoms with Gasteiger partial charge in [-0.3, -0.25) is 14.6 Å². The SMILES string of the molecule is Cc1ccc(N2C(=O)[C@@H]3C4c5ccccc5C(C=Nc5ccc(C)cc5C)(c5ccccc54)[C@H]3C2=O)cc1. The van der Waals surface area contributed by atoms with Crippen LogP contribution in [0.3, 0.4) is 0 Å². The fourth-order valence-corrected chi connectivity index (χ4v) is 7.12. The summed E-state index contributed by atoms with van der Waals surface area (Å²) in [6, 6.07) is 30.5. The molecule has 8 rings (SSSR count). The van der Waals surface area contributed by atoms with Gasteiger partial charge in [-0.2, -0.15) is 0 Å².